The van der Waals surface area contributed by atoms with Gasteiger partial charge in [0, 0.05) is 13.2 Å². The highest BCUT2D eigenvalue weighted by Crippen LogP contribution is 2.15. The predicted octanol–water partition coefficient (Wildman–Crippen LogP) is 1.88. The van der Waals surface area contributed by atoms with E-state index in [1.165, 1.54) is 19.3 Å². The molecule has 1 aliphatic rings. The lowest BCUT2D eigenvalue weighted by Crippen LogP contribution is -2.20. The maximum Gasteiger partial charge on any atom is 0.0645 e. The topological polar surface area (TPSA) is 42.2 Å². The molecule has 0 aromatic heterocycles. The molecule has 1 unspecified atom stereocenters. The van der Waals surface area contributed by atoms with Crippen LogP contribution >= 0.6 is 0 Å². The fourth-order valence-electron chi connectivity index (χ4n) is 1.47. The van der Waals surface area contributed by atoms with Crippen LogP contribution in [0.2, 0.25) is 0 Å². The summed E-state index contributed by atoms with van der Waals surface area (Å²) in [5, 5.41) is 8.26. The minimum atomic E-state index is 0.399. The second-order valence-electron chi connectivity index (χ2n) is 3.30. The molecular weight excluding hydrogens is 166 g/mol. The quantitative estimate of drug-likeness (QED) is 0.611. The van der Waals surface area contributed by atoms with Crippen LogP contribution in [0, 0.1) is 11.3 Å². The highest BCUT2D eigenvalue weighted by molar-refractivity contribution is 4.67. The molecule has 1 saturated heterocycles. The number of ether oxygens (including phenoxy) is 2. The third-order valence-electron chi connectivity index (χ3n) is 2.22. The minimum Gasteiger partial charge on any atom is -0.380 e. The molecular formula is C10H17NO2. The van der Waals surface area contributed by atoms with E-state index in [0.717, 1.165) is 19.6 Å². The summed E-state index contributed by atoms with van der Waals surface area (Å²) in [5.41, 5.74) is 0. The SMILES string of the molecule is N#CCCOCCC1CCCCO1. The summed E-state index contributed by atoms with van der Waals surface area (Å²) < 4.78 is 10.8. The first-order valence-corrected chi connectivity index (χ1v) is 5.00. The third-order valence-corrected chi connectivity index (χ3v) is 2.22. The van der Waals surface area contributed by atoms with Crippen molar-refractivity contribution in [2.45, 2.75) is 38.2 Å². The van der Waals surface area contributed by atoms with Gasteiger partial charge in [0.1, 0.15) is 0 Å². The van der Waals surface area contributed by atoms with Gasteiger partial charge >= 0.3 is 0 Å². The first-order valence-electron chi connectivity index (χ1n) is 5.00. The van der Waals surface area contributed by atoms with Crippen LogP contribution in [0.15, 0.2) is 0 Å². The normalized spacial score (nSPS) is 22.5. The second-order valence-corrected chi connectivity index (χ2v) is 3.30. The molecule has 3 heteroatoms. The van der Waals surface area contributed by atoms with Crippen LogP contribution in [0.25, 0.3) is 0 Å². The van der Waals surface area contributed by atoms with E-state index in [4.69, 9.17) is 14.7 Å². The van der Waals surface area contributed by atoms with Crippen molar-refractivity contribution in [2.75, 3.05) is 19.8 Å². The van der Waals surface area contributed by atoms with Crippen LogP contribution in [0.4, 0.5) is 0 Å². The van der Waals surface area contributed by atoms with Gasteiger partial charge in [-0.15, -0.1) is 0 Å². The average Bonchev–Trinajstić information content (AvgIpc) is 2.19. The van der Waals surface area contributed by atoms with Gasteiger partial charge in [0.15, 0.2) is 0 Å². The molecule has 0 amide bonds. The van der Waals surface area contributed by atoms with Crippen molar-refractivity contribution in [3.63, 3.8) is 0 Å². The molecule has 0 aromatic rings. The summed E-state index contributed by atoms with van der Waals surface area (Å²) in [7, 11) is 0. The standard InChI is InChI=1S/C10H17NO2/c11-6-3-7-12-9-5-10-4-1-2-8-13-10/h10H,1-5,7-9H2. The van der Waals surface area contributed by atoms with Crippen molar-refractivity contribution in [3.8, 4) is 6.07 Å². The Kier molecular flexibility index (Phi) is 5.55. The van der Waals surface area contributed by atoms with Crippen molar-refractivity contribution < 1.29 is 9.47 Å². The van der Waals surface area contributed by atoms with E-state index in [2.05, 4.69) is 0 Å². The van der Waals surface area contributed by atoms with E-state index in [-0.39, 0.29) is 0 Å². The molecule has 0 saturated carbocycles. The van der Waals surface area contributed by atoms with Crippen molar-refractivity contribution >= 4 is 0 Å². The largest absolute Gasteiger partial charge is 0.380 e. The van der Waals surface area contributed by atoms with E-state index in [1.54, 1.807) is 0 Å². The Morgan fingerprint density at radius 2 is 2.31 bits per heavy atom. The van der Waals surface area contributed by atoms with Gasteiger partial charge < -0.3 is 9.47 Å². The van der Waals surface area contributed by atoms with Gasteiger partial charge in [0.05, 0.1) is 25.2 Å². The third kappa shape index (κ3) is 4.87. The fraction of sp³-hybridized carbons (Fsp3) is 0.900. The molecule has 0 aromatic carbocycles. The van der Waals surface area contributed by atoms with Crippen LogP contribution in [0.5, 0.6) is 0 Å². The summed E-state index contributed by atoms with van der Waals surface area (Å²) in [4.78, 5) is 0. The highest BCUT2D eigenvalue weighted by Gasteiger charge is 2.12. The summed E-state index contributed by atoms with van der Waals surface area (Å²) in [6.45, 7) is 2.19. The fourth-order valence-corrected chi connectivity index (χ4v) is 1.47. The lowest BCUT2D eigenvalue weighted by molar-refractivity contribution is -0.00700. The summed E-state index contributed by atoms with van der Waals surface area (Å²) in [6, 6.07) is 2.05. The van der Waals surface area contributed by atoms with Gasteiger partial charge in [0.25, 0.3) is 0 Å². The molecule has 1 fully saturated rings. The van der Waals surface area contributed by atoms with Crippen LogP contribution in [-0.4, -0.2) is 25.9 Å². The summed E-state index contributed by atoms with van der Waals surface area (Å²) >= 11 is 0. The summed E-state index contributed by atoms with van der Waals surface area (Å²) in [5.74, 6) is 0. The van der Waals surface area contributed by atoms with Crippen LogP contribution in [-0.2, 0) is 9.47 Å². The molecule has 0 radical (unpaired) electrons. The van der Waals surface area contributed by atoms with E-state index in [0.29, 0.717) is 19.1 Å². The van der Waals surface area contributed by atoms with Gasteiger partial charge in [0.2, 0.25) is 0 Å². The molecule has 3 nitrogen and oxygen atoms in total. The first kappa shape index (κ1) is 10.5. The van der Waals surface area contributed by atoms with Crippen LogP contribution in [0.1, 0.15) is 32.1 Å². The summed E-state index contributed by atoms with van der Waals surface area (Å²) in [6.07, 6.45) is 5.52. The molecule has 0 aliphatic carbocycles. The number of nitriles is 1. The second kappa shape index (κ2) is 6.88. The maximum atomic E-state index is 8.26. The van der Waals surface area contributed by atoms with Gasteiger partial charge in [-0.05, 0) is 25.7 Å². The monoisotopic (exact) mass is 183 g/mol. The molecule has 1 heterocycles. The zero-order chi connectivity index (χ0) is 9.36. The zero-order valence-corrected chi connectivity index (χ0v) is 8.00. The number of nitrogens with zero attached hydrogens (tertiary/aromatic N) is 1. The van der Waals surface area contributed by atoms with Crippen LogP contribution < -0.4 is 0 Å². The van der Waals surface area contributed by atoms with E-state index in [9.17, 15) is 0 Å². The molecule has 1 atom stereocenters. The highest BCUT2D eigenvalue weighted by atomic mass is 16.5. The van der Waals surface area contributed by atoms with E-state index in [1.807, 2.05) is 6.07 Å². The van der Waals surface area contributed by atoms with Crippen molar-refractivity contribution in [1.29, 1.82) is 5.26 Å². The number of hydrogen-bond donors (Lipinski definition) is 0. The van der Waals surface area contributed by atoms with Crippen molar-refractivity contribution in [3.05, 3.63) is 0 Å². The molecule has 0 spiro atoms. The first-order chi connectivity index (χ1) is 6.43. The molecule has 1 rings (SSSR count). The molecule has 13 heavy (non-hydrogen) atoms. The maximum absolute atomic E-state index is 8.26. The van der Waals surface area contributed by atoms with Crippen molar-refractivity contribution in [2.24, 2.45) is 0 Å². The molecule has 74 valence electrons. The Labute approximate surface area is 79.6 Å². The Morgan fingerprint density at radius 3 is 3.00 bits per heavy atom. The lowest BCUT2D eigenvalue weighted by Gasteiger charge is -2.22. The van der Waals surface area contributed by atoms with E-state index >= 15 is 0 Å². The van der Waals surface area contributed by atoms with Crippen LogP contribution in [0.3, 0.4) is 0 Å². The minimum absolute atomic E-state index is 0.399. The molecule has 0 bridgehead atoms. The number of rotatable bonds is 5. The Morgan fingerprint density at radius 1 is 1.38 bits per heavy atom. The molecule has 1 aliphatic heterocycles. The smallest absolute Gasteiger partial charge is 0.0645 e. The Balaban J connectivity index is 1.90. The van der Waals surface area contributed by atoms with Gasteiger partial charge in [-0.3, -0.25) is 0 Å². The molecule has 0 N–H and O–H groups in total. The number of hydrogen-bond acceptors (Lipinski definition) is 3. The van der Waals surface area contributed by atoms with Gasteiger partial charge in [-0.1, -0.05) is 0 Å². The average molecular weight is 183 g/mol. The van der Waals surface area contributed by atoms with Gasteiger partial charge in [-0.25, -0.2) is 0 Å². The lowest BCUT2D eigenvalue weighted by atomic mass is 10.1. The van der Waals surface area contributed by atoms with Crippen molar-refractivity contribution in [1.82, 2.24) is 0 Å². The zero-order valence-electron chi connectivity index (χ0n) is 8.00. The Bertz CT molecular complexity index is 159. The van der Waals surface area contributed by atoms with E-state index < -0.39 is 0 Å². The van der Waals surface area contributed by atoms with Gasteiger partial charge in [-0.2, -0.15) is 5.26 Å². The predicted molar refractivity (Wildman–Crippen MR) is 49.3 cm³/mol. The Hall–Kier alpha value is -0.590.